The van der Waals surface area contributed by atoms with E-state index in [4.69, 9.17) is 11.6 Å². The summed E-state index contributed by atoms with van der Waals surface area (Å²) in [5, 5.41) is 3.90. The van der Waals surface area contributed by atoms with Crippen molar-refractivity contribution >= 4 is 17.4 Å². The molecule has 1 atom stereocenters. The Balaban J connectivity index is 1.71. The van der Waals surface area contributed by atoms with Gasteiger partial charge in [0.1, 0.15) is 11.0 Å². The van der Waals surface area contributed by atoms with E-state index in [0.29, 0.717) is 11.2 Å². The van der Waals surface area contributed by atoms with Gasteiger partial charge in [0.2, 0.25) is 0 Å². The minimum absolute atomic E-state index is 0.450. The molecule has 0 saturated carbocycles. The zero-order valence-electron chi connectivity index (χ0n) is 9.06. The molecule has 0 aliphatic carbocycles. The number of nitrogens with zero attached hydrogens (tertiary/aromatic N) is 3. The van der Waals surface area contributed by atoms with Crippen molar-refractivity contribution in [3.05, 3.63) is 17.5 Å². The van der Waals surface area contributed by atoms with E-state index in [-0.39, 0.29) is 0 Å². The second-order valence-corrected chi connectivity index (χ2v) is 5.00. The standard InChI is InChI=1S/C11H15ClN4/c12-10-5-13-6-11(15-10)14-9-7-16-3-1-8(9)2-4-16/h5-6,8-9H,1-4,7H2,(H,14,15). The third kappa shape index (κ3) is 1.99. The van der Waals surface area contributed by atoms with E-state index in [1.807, 2.05) is 0 Å². The fraction of sp³-hybridized carbons (Fsp3) is 0.636. The van der Waals surface area contributed by atoms with Gasteiger partial charge in [-0.3, -0.25) is 4.98 Å². The van der Waals surface area contributed by atoms with Crippen molar-refractivity contribution in [3.8, 4) is 0 Å². The number of hydrogen-bond acceptors (Lipinski definition) is 4. The van der Waals surface area contributed by atoms with Crippen LogP contribution in [-0.4, -0.2) is 40.5 Å². The molecule has 5 heteroatoms. The largest absolute Gasteiger partial charge is 0.364 e. The molecule has 0 amide bonds. The van der Waals surface area contributed by atoms with Crippen molar-refractivity contribution < 1.29 is 0 Å². The first-order chi connectivity index (χ1) is 7.81. The van der Waals surface area contributed by atoms with Crippen LogP contribution in [0.3, 0.4) is 0 Å². The van der Waals surface area contributed by atoms with Crippen LogP contribution in [0.5, 0.6) is 0 Å². The van der Waals surface area contributed by atoms with E-state index < -0.39 is 0 Å². The summed E-state index contributed by atoms with van der Waals surface area (Å²) in [4.78, 5) is 10.8. The summed E-state index contributed by atoms with van der Waals surface area (Å²) in [5.41, 5.74) is 0. The lowest BCUT2D eigenvalue weighted by atomic mass is 9.84. The topological polar surface area (TPSA) is 41.1 Å². The number of aromatic nitrogens is 2. The van der Waals surface area contributed by atoms with Crippen molar-refractivity contribution in [2.45, 2.75) is 18.9 Å². The fourth-order valence-corrected chi connectivity index (χ4v) is 2.88. The van der Waals surface area contributed by atoms with Gasteiger partial charge in [-0.1, -0.05) is 11.6 Å². The third-order valence-electron chi connectivity index (χ3n) is 3.59. The van der Waals surface area contributed by atoms with Gasteiger partial charge in [0.05, 0.1) is 12.4 Å². The summed E-state index contributed by atoms with van der Waals surface area (Å²) >= 11 is 5.82. The van der Waals surface area contributed by atoms with E-state index in [2.05, 4.69) is 20.2 Å². The molecule has 1 N–H and O–H groups in total. The van der Waals surface area contributed by atoms with Gasteiger partial charge in [-0.25, -0.2) is 4.98 Å². The minimum Gasteiger partial charge on any atom is -0.364 e. The van der Waals surface area contributed by atoms with Crippen molar-refractivity contribution in [2.75, 3.05) is 25.0 Å². The van der Waals surface area contributed by atoms with Gasteiger partial charge in [-0.2, -0.15) is 0 Å². The van der Waals surface area contributed by atoms with Gasteiger partial charge in [0, 0.05) is 12.6 Å². The predicted octanol–water partition coefficient (Wildman–Crippen LogP) is 1.64. The molecule has 4 heterocycles. The molecular formula is C11H15ClN4. The molecule has 3 aliphatic heterocycles. The maximum atomic E-state index is 5.82. The highest BCUT2D eigenvalue weighted by Gasteiger charge is 2.34. The van der Waals surface area contributed by atoms with Crippen LogP contribution in [0.25, 0.3) is 0 Å². The molecule has 3 fully saturated rings. The minimum atomic E-state index is 0.450. The van der Waals surface area contributed by atoms with E-state index in [1.54, 1.807) is 12.4 Å². The van der Waals surface area contributed by atoms with Crippen molar-refractivity contribution in [2.24, 2.45) is 5.92 Å². The quantitative estimate of drug-likeness (QED) is 0.851. The molecule has 0 radical (unpaired) electrons. The lowest BCUT2D eigenvalue weighted by molar-refractivity contribution is 0.0973. The Labute approximate surface area is 100 Å². The van der Waals surface area contributed by atoms with Crippen LogP contribution >= 0.6 is 11.6 Å². The Morgan fingerprint density at radius 2 is 2.12 bits per heavy atom. The molecule has 3 aliphatic rings. The summed E-state index contributed by atoms with van der Waals surface area (Å²) in [7, 11) is 0. The monoisotopic (exact) mass is 238 g/mol. The predicted molar refractivity (Wildman–Crippen MR) is 63.6 cm³/mol. The molecule has 2 bridgehead atoms. The van der Waals surface area contributed by atoms with Gasteiger partial charge in [0.15, 0.2) is 0 Å². The molecule has 1 aromatic rings. The van der Waals surface area contributed by atoms with Gasteiger partial charge in [0.25, 0.3) is 0 Å². The molecule has 1 unspecified atom stereocenters. The first-order valence-electron chi connectivity index (χ1n) is 5.78. The summed E-state index contributed by atoms with van der Waals surface area (Å²) in [6.45, 7) is 3.63. The Kier molecular flexibility index (Phi) is 2.69. The van der Waals surface area contributed by atoms with Crippen LogP contribution in [0.1, 0.15) is 12.8 Å². The highest BCUT2D eigenvalue weighted by Crippen LogP contribution is 2.29. The van der Waals surface area contributed by atoms with Gasteiger partial charge < -0.3 is 10.2 Å². The molecule has 4 rings (SSSR count). The molecule has 16 heavy (non-hydrogen) atoms. The Bertz CT molecular complexity index is 376. The fourth-order valence-electron chi connectivity index (χ4n) is 2.73. The number of fused-ring (bicyclic) bond motifs is 3. The normalized spacial score (nSPS) is 32.7. The molecule has 0 aromatic carbocycles. The Morgan fingerprint density at radius 3 is 2.75 bits per heavy atom. The summed E-state index contributed by atoms with van der Waals surface area (Å²) in [6.07, 6.45) is 5.89. The van der Waals surface area contributed by atoms with Gasteiger partial charge in [-0.05, 0) is 31.8 Å². The summed E-state index contributed by atoms with van der Waals surface area (Å²) in [6, 6.07) is 0.510. The lowest BCUT2D eigenvalue weighted by Gasteiger charge is -2.45. The van der Waals surface area contributed by atoms with E-state index in [1.165, 1.54) is 25.9 Å². The highest BCUT2D eigenvalue weighted by molar-refractivity contribution is 6.29. The number of anilines is 1. The SMILES string of the molecule is Clc1cncc(NC2CN3CCC2CC3)n1. The first-order valence-corrected chi connectivity index (χ1v) is 6.15. The van der Waals surface area contributed by atoms with Crippen molar-refractivity contribution in [1.82, 2.24) is 14.9 Å². The molecular weight excluding hydrogens is 224 g/mol. The molecule has 1 aromatic heterocycles. The van der Waals surface area contributed by atoms with Gasteiger partial charge in [-0.15, -0.1) is 0 Å². The maximum Gasteiger partial charge on any atom is 0.149 e. The van der Waals surface area contributed by atoms with Crippen LogP contribution in [0, 0.1) is 5.92 Å². The van der Waals surface area contributed by atoms with E-state index in [9.17, 15) is 0 Å². The Hall–Kier alpha value is -0.870. The number of piperidine rings is 3. The van der Waals surface area contributed by atoms with Crippen LogP contribution in [-0.2, 0) is 0 Å². The van der Waals surface area contributed by atoms with Crippen LogP contribution in [0.4, 0.5) is 5.82 Å². The van der Waals surface area contributed by atoms with Crippen molar-refractivity contribution in [1.29, 1.82) is 0 Å². The van der Waals surface area contributed by atoms with Crippen LogP contribution < -0.4 is 5.32 Å². The van der Waals surface area contributed by atoms with Crippen LogP contribution in [0.2, 0.25) is 5.15 Å². The number of rotatable bonds is 2. The zero-order valence-corrected chi connectivity index (χ0v) is 9.82. The Morgan fingerprint density at radius 1 is 1.31 bits per heavy atom. The average Bonchev–Trinajstić information content (AvgIpc) is 2.30. The lowest BCUT2D eigenvalue weighted by Crippen LogP contribution is -2.53. The third-order valence-corrected chi connectivity index (χ3v) is 3.78. The maximum absolute atomic E-state index is 5.82. The zero-order chi connectivity index (χ0) is 11.0. The van der Waals surface area contributed by atoms with Crippen LogP contribution in [0.15, 0.2) is 12.4 Å². The smallest absolute Gasteiger partial charge is 0.149 e. The van der Waals surface area contributed by atoms with E-state index >= 15 is 0 Å². The van der Waals surface area contributed by atoms with E-state index in [0.717, 1.165) is 18.3 Å². The molecule has 3 saturated heterocycles. The molecule has 86 valence electrons. The molecule has 0 spiro atoms. The number of hydrogen-bond donors (Lipinski definition) is 1. The first kappa shape index (κ1) is 10.3. The highest BCUT2D eigenvalue weighted by atomic mass is 35.5. The summed E-state index contributed by atoms with van der Waals surface area (Å²) in [5.74, 6) is 1.58. The second kappa shape index (κ2) is 4.18. The number of nitrogens with one attached hydrogen (secondary N) is 1. The number of halogens is 1. The molecule has 4 nitrogen and oxygen atoms in total. The van der Waals surface area contributed by atoms with Crippen molar-refractivity contribution in [3.63, 3.8) is 0 Å². The summed E-state index contributed by atoms with van der Waals surface area (Å²) < 4.78 is 0. The van der Waals surface area contributed by atoms with Gasteiger partial charge >= 0.3 is 0 Å². The second-order valence-electron chi connectivity index (χ2n) is 4.62. The average molecular weight is 239 g/mol.